The highest BCUT2D eigenvalue weighted by Gasteiger charge is 2.34. The van der Waals surface area contributed by atoms with Crippen LogP contribution in [0.4, 0.5) is 0 Å². The van der Waals surface area contributed by atoms with Crippen LogP contribution in [-0.4, -0.2) is 37.5 Å². The van der Waals surface area contributed by atoms with Crippen LogP contribution in [0.3, 0.4) is 0 Å². The van der Waals surface area contributed by atoms with Crippen LogP contribution in [0.1, 0.15) is 31.7 Å². The Labute approximate surface area is 128 Å². The number of carbonyl (C=O) groups excluding carboxylic acids is 1. The van der Waals surface area contributed by atoms with E-state index >= 15 is 0 Å². The first-order valence-corrected chi connectivity index (χ1v) is 7.14. The number of hydrogen-bond donors (Lipinski definition) is 1. The number of benzene rings is 1. The molecule has 1 amide bonds. The van der Waals surface area contributed by atoms with Gasteiger partial charge >= 0.3 is 0 Å². The van der Waals surface area contributed by atoms with Crippen LogP contribution in [0.15, 0.2) is 30.3 Å². The number of nitrogens with one attached hydrogen (secondary N) is 1. The molecule has 112 valence electrons. The van der Waals surface area contributed by atoms with E-state index in [2.05, 4.69) is 36.5 Å². The molecule has 0 aromatic heterocycles. The lowest BCUT2D eigenvalue weighted by Gasteiger charge is -2.41. The molecule has 1 N–H and O–H groups in total. The summed E-state index contributed by atoms with van der Waals surface area (Å²) in [6.45, 7) is 4.79. The maximum Gasteiger partial charge on any atom is 0.223 e. The van der Waals surface area contributed by atoms with Gasteiger partial charge in [-0.25, -0.2) is 0 Å². The van der Waals surface area contributed by atoms with Gasteiger partial charge in [0.1, 0.15) is 0 Å². The third-order valence-electron chi connectivity index (χ3n) is 4.11. The molecule has 0 saturated carbocycles. The van der Waals surface area contributed by atoms with Gasteiger partial charge in [-0.1, -0.05) is 37.3 Å². The molecule has 1 heterocycles. The molecule has 1 aliphatic rings. The highest BCUT2D eigenvalue weighted by atomic mass is 35.5. The van der Waals surface area contributed by atoms with E-state index in [-0.39, 0.29) is 23.7 Å². The van der Waals surface area contributed by atoms with Crippen LogP contribution < -0.4 is 5.32 Å². The molecule has 0 aliphatic carbocycles. The molecule has 3 nitrogen and oxygen atoms in total. The van der Waals surface area contributed by atoms with Gasteiger partial charge in [-0.05, 0) is 25.5 Å². The van der Waals surface area contributed by atoms with Crippen LogP contribution in [0.25, 0.3) is 0 Å². The van der Waals surface area contributed by atoms with E-state index in [1.807, 2.05) is 18.0 Å². The predicted molar refractivity (Wildman–Crippen MR) is 85.4 cm³/mol. The summed E-state index contributed by atoms with van der Waals surface area (Å²) in [5.74, 6) is 0.274. The van der Waals surface area contributed by atoms with Crippen molar-refractivity contribution in [3.63, 3.8) is 0 Å². The lowest BCUT2D eigenvalue weighted by molar-refractivity contribution is -0.133. The summed E-state index contributed by atoms with van der Waals surface area (Å²) < 4.78 is 0. The Bertz CT molecular complexity index is 424. The zero-order valence-electron chi connectivity index (χ0n) is 12.4. The molecule has 1 aromatic rings. The topological polar surface area (TPSA) is 32.3 Å². The van der Waals surface area contributed by atoms with E-state index in [0.717, 1.165) is 32.5 Å². The zero-order valence-corrected chi connectivity index (χ0v) is 13.2. The highest BCUT2D eigenvalue weighted by Crippen LogP contribution is 2.33. The average molecular weight is 297 g/mol. The number of amides is 1. The summed E-state index contributed by atoms with van der Waals surface area (Å²) in [7, 11) is 1.89. The van der Waals surface area contributed by atoms with Crippen molar-refractivity contribution in [2.45, 2.75) is 31.6 Å². The van der Waals surface area contributed by atoms with Crippen molar-refractivity contribution in [3.8, 4) is 0 Å². The van der Waals surface area contributed by atoms with Crippen molar-refractivity contribution in [1.82, 2.24) is 10.2 Å². The van der Waals surface area contributed by atoms with Crippen LogP contribution in [0.2, 0.25) is 0 Å². The second-order valence-corrected chi connectivity index (χ2v) is 5.70. The van der Waals surface area contributed by atoms with Crippen molar-refractivity contribution in [1.29, 1.82) is 0 Å². The molecule has 0 bridgehead atoms. The largest absolute Gasteiger partial charge is 0.342 e. The number of halogens is 1. The summed E-state index contributed by atoms with van der Waals surface area (Å²) in [5, 5.41) is 3.04. The Balaban J connectivity index is 0.00000200. The van der Waals surface area contributed by atoms with Gasteiger partial charge in [-0.3, -0.25) is 4.79 Å². The Kier molecular flexibility index (Phi) is 6.50. The molecule has 0 radical (unpaired) electrons. The number of rotatable bonds is 4. The highest BCUT2D eigenvalue weighted by molar-refractivity contribution is 5.85. The predicted octanol–water partition coefficient (Wildman–Crippen LogP) is 2.60. The fraction of sp³-hybridized carbons (Fsp3) is 0.562. The van der Waals surface area contributed by atoms with Crippen molar-refractivity contribution in [2.24, 2.45) is 0 Å². The molecule has 1 unspecified atom stereocenters. The van der Waals surface area contributed by atoms with Crippen LogP contribution in [-0.2, 0) is 10.2 Å². The summed E-state index contributed by atoms with van der Waals surface area (Å²) in [5.41, 5.74) is 1.45. The molecule has 1 saturated heterocycles. The van der Waals surface area contributed by atoms with Gasteiger partial charge in [0, 0.05) is 31.5 Å². The molecule has 2 rings (SSSR count). The molecule has 4 heteroatoms. The third kappa shape index (κ3) is 3.97. The fourth-order valence-corrected chi connectivity index (χ4v) is 2.92. The monoisotopic (exact) mass is 296 g/mol. The summed E-state index contributed by atoms with van der Waals surface area (Å²) in [6.07, 6.45) is 2.85. The molecule has 1 aromatic carbocycles. The number of nitrogens with zero attached hydrogens (tertiary/aromatic N) is 1. The number of likely N-dealkylation sites (tertiary alicyclic amines) is 1. The lowest BCUT2D eigenvalue weighted by atomic mass is 9.76. The van der Waals surface area contributed by atoms with Gasteiger partial charge in [0.2, 0.25) is 5.91 Å². The Morgan fingerprint density at radius 2 is 2.05 bits per heavy atom. The van der Waals surface area contributed by atoms with Gasteiger partial charge in [0.25, 0.3) is 0 Å². The minimum absolute atomic E-state index is 0. The molecule has 20 heavy (non-hydrogen) atoms. The first-order valence-electron chi connectivity index (χ1n) is 7.14. The Hall–Kier alpha value is -1.06. The number of piperidine rings is 1. The number of hydrogen-bond acceptors (Lipinski definition) is 2. The van der Waals surface area contributed by atoms with Crippen LogP contribution >= 0.6 is 12.4 Å². The summed E-state index contributed by atoms with van der Waals surface area (Å²) in [4.78, 5) is 14.2. The van der Waals surface area contributed by atoms with Crippen molar-refractivity contribution >= 4 is 18.3 Å². The number of carbonyl (C=O) groups is 1. The van der Waals surface area contributed by atoms with Gasteiger partial charge in [-0.2, -0.15) is 0 Å². The molecule has 1 fully saturated rings. The third-order valence-corrected chi connectivity index (χ3v) is 4.11. The second-order valence-electron chi connectivity index (χ2n) is 5.70. The quantitative estimate of drug-likeness (QED) is 0.926. The van der Waals surface area contributed by atoms with Crippen LogP contribution in [0, 0.1) is 0 Å². The van der Waals surface area contributed by atoms with E-state index < -0.39 is 0 Å². The minimum atomic E-state index is 0. The normalized spacial score (nSPS) is 22.2. The minimum Gasteiger partial charge on any atom is -0.342 e. The maximum atomic E-state index is 12.2. The van der Waals surface area contributed by atoms with E-state index in [4.69, 9.17) is 0 Å². The average Bonchev–Trinajstić information content (AvgIpc) is 2.46. The van der Waals surface area contributed by atoms with Crippen molar-refractivity contribution in [3.05, 3.63) is 35.9 Å². The van der Waals surface area contributed by atoms with Crippen molar-refractivity contribution < 1.29 is 4.79 Å². The summed E-state index contributed by atoms with van der Waals surface area (Å²) >= 11 is 0. The standard InChI is InChI=1S/C16H24N2O.ClH/c1-16(14-7-4-3-5-8-14)10-6-12-18(13-16)15(19)9-11-17-2;/h3-5,7-8,17H,6,9-13H2,1-2H3;1H. The lowest BCUT2D eigenvalue weighted by Crippen LogP contribution is -2.47. The van der Waals surface area contributed by atoms with Gasteiger partial charge in [0.05, 0.1) is 0 Å². The molecule has 1 atom stereocenters. The first-order chi connectivity index (χ1) is 9.15. The molecular weight excluding hydrogens is 272 g/mol. The van der Waals surface area contributed by atoms with Gasteiger partial charge < -0.3 is 10.2 Å². The zero-order chi connectivity index (χ0) is 13.7. The first kappa shape index (κ1) is 17.0. The van der Waals surface area contributed by atoms with Gasteiger partial charge in [0.15, 0.2) is 0 Å². The Morgan fingerprint density at radius 1 is 1.35 bits per heavy atom. The second kappa shape index (κ2) is 7.65. The van der Waals surface area contributed by atoms with E-state index in [1.54, 1.807) is 0 Å². The SMILES string of the molecule is CNCCC(=O)N1CCCC(C)(c2ccccc2)C1.Cl. The van der Waals surface area contributed by atoms with E-state index in [9.17, 15) is 4.79 Å². The van der Waals surface area contributed by atoms with E-state index in [1.165, 1.54) is 5.56 Å². The van der Waals surface area contributed by atoms with Crippen molar-refractivity contribution in [2.75, 3.05) is 26.7 Å². The molecular formula is C16H25ClN2O. The molecule has 1 aliphatic heterocycles. The maximum absolute atomic E-state index is 12.2. The van der Waals surface area contributed by atoms with E-state index in [0.29, 0.717) is 6.42 Å². The van der Waals surface area contributed by atoms with Crippen LogP contribution in [0.5, 0.6) is 0 Å². The van der Waals surface area contributed by atoms with Gasteiger partial charge in [-0.15, -0.1) is 12.4 Å². The fourth-order valence-electron chi connectivity index (χ4n) is 2.92. The Morgan fingerprint density at radius 3 is 2.70 bits per heavy atom. The summed E-state index contributed by atoms with van der Waals surface area (Å²) in [6, 6.07) is 10.6. The smallest absolute Gasteiger partial charge is 0.223 e. The molecule has 0 spiro atoms.